The molecule has 3 rings (SSSR count). The van der Waals surface area contributed by atoms with Crippen LogP contribution in [0.4, 0.5) is 0 Å². The van der Waals surface area contributed by atoms with Crippen LogP contribution in [-0.4, -0.2) is 49.8 Å². The molecule has 1 saturated carbocycles. The molecule has 0 aromatic heterocycles. The van der Waals surface area contributed by atoms with Crippen molar-refractivity contribution < 1.29 is 4.74 Å². The zero-order valence-electron chi connectivity index (χ0n) is 12.3. The van der Waals surface area contributed by atoms with Crippen molar-refractivity contribution in [1.29, 1.82) is 0 Å². The molecule has 0 bridgehead atoms. The van der Waals surface area contributed by atoms with Gasteiger partial charge in [0.05, 0.1) is 0 Å². The van der Waals surface area contributed by atoms with Crippen molar-refractivity contribution in [3.05, 3.63) is 0 Å². The zero-order chi connectivity index (χ0) is 12.9. The van der Waals surface area contributed by atoms with Crippen LogP contribution >= 0.6 is 0 Å². The molecule has 2 aliphatic heterocycles. The van der Waals surface area contributed by atoms with Crippen LogP contribution in [0.1, 0.15) is 51.4 Å². The smallest absolute Gasteiger partial charge is 0.0480 e. The second-order valence-electron chi connectivity index (χ2n) is 6.63. The van der Waals surface area contributed by atoms with Crippen LogP contribution in [0.2, 0.25) is 0 Å². The maximum absolute atomic E-state index is 5.41. The second-order valence-corrected chi connectivity index (χ2v) is 6.63. The lowest BCUT2D eigenvalue weighted by Crippen LogP contribution is -2.42. The number of ether oxygens (including phenoxy) is 1. The summed E-state index contributed by atoms with van der Waals surface area (Å²) in [4.78, 5) is 2.78. The van der Waals surface area contributed by atoms with Crippen molar-refractivity contribution in [3.63, 3.8) is 0 Å². The minimum Gasteiger partial charge on any atom is -0.381 e. The van der Waals surface area contributed by atoms with Gasteiger partial charge in [0.15, 0.2) is 0 Å². The highest BCUT2D eigenvalue weighted by molar-refractivity contribution is 4.87. The first-order chi connectivity index (χ1) is 9.43. The highest BCUT2D eigenvalue weighted by Gasteiger charge is 2.32. The van der Waals surface area contributed by atoms with Crippen LogP contribution < -0.4 is 5.32 Å². The van der Waals surface area contributed by atoms with Gasteiger partial charge >= 0.3 is 0 Å². The van der Waals surface area contributed by atoms with E-state index in [-0.39, 0.29) is 0 Å². The third kappa shape index (κ3) is 3.71. The van der Waals surface area contributed by atoms with E-state index in [1.54, 1.807) is 0 Å². The highest BCUT2D eigenvalue weighted by Crippen LogP contribution is 2.35. The molecule has 0 aromatic carbocycles. The number of hydrogen-bond acceptors (Lipinski definition) is 3. The summed E-state index contributed by atoms with van der Waals surface area (Å²) < 4.78 is 5.41. The minimum atomic E-state index is 0.710. The summed E-state index contributed by atoms with van der Waals surface area (Å²) >= 11 is 0. The van der Waals surface area contributed by atoms with Crippen LogP contribution in [-0.2, 0) is 4.74 Å². The molecule has 19 heavy (non-hydrogen) atoms. The summed E-state index contributed by atoms with van der Waals surface area (Å²) in [6, 6.07) is 1.63. The number of likely N-dealkylation sites (tertiary alicyclic amines) is 1. The Morgan fingerprint density at radius 2 is 1.74 bits per heavy atom. The van der Waals surface area contributed by atoms with Crippen molar-refractivity contribution in [2.24, 2.45) is 5.92 Å². The standard InChI is InChI=1S/C16H30N2O/c1-2-5-14(4-1)16-6-3-10-18(16)11-9-17-15-7-12-19-13-8-15/h14-17H,1-13H2. The maximum Gasteiger partial charge on any atom is 0.0480 e. The van der Waals surface area contributed by atoms with Crippen LogP contribution in [0.5, 0.6) is 0 Å². The molecule has 2 heterocycles. The Hall–Kier alpha value is -0.120. The Kier molecular flexibility index (Phi) is 5.14. The topological polar surface area (TPSA) is 24.5 Å². The third-order valence-electron chi connectivity index (χ3n) is 5.41. The Bertz CT molecular complexity index is 259. The molecule has 3 aliphatic rings. The molecular formula is C16H30N2O. The summed E-state index contributed by atoms with van der Waals surface area (Å²) in [5.41, 5.74) is 0. The Labute approximate surface area is 118 Å². The van der Waals surface area contributed by atoms with Gasteiger partial charge in [0.1, 0.15) is 0 Å². The van der Waals surface area contributed by atoms with Gasteiger partial charge in [-0.25, -0.2) is 0 Å². The first kappa shape index (κ1) is 13.8. The maximum atomic E-state index is 5.41. The average Bonchev–Trinajstić information content (AvgIpc) is 3.10. The van der Waals surface area contributed by atoms with E-state index in [1.807, 2.05) is 0 Å². The molecule has 0 spiro atoms. The van der Waals surface area contributed by atoms with Gasteiger partial charge in [-0.3, -0.25) is 4.90 Å². The average molecular weight is 266 g/mol. The molecule has 3 heteroatoms. The van der Waals surface area contributed by atoms with E-state index in [0.717, 1.165) is 25.2 Å². The summed E-state index contributed by atoms with van der Waals surface area (Å²) in [6.07, 6.45) is 11.2. The monoisotopic (exact) mass is 266 g/mol. The third-order valence-corrected chi connectivity index (χ3v) is 5.41. The van der Waals surface area contributed by atoms with E-state index in [0.29, 0.717) is 6.04 Å². The van der Waals surface area contributed by atoms with E-state index in [2.05, 4.69) is 10.2 Å². The predicted molar refractivity (Wildman–Crippen MR) is 78.4 cm³/mol. The SMILES string of the molecule is C1CCC(C2CCCN2CCNC2CCOCC2)C1. The highest BCUT2D eigenvalue weighted by atomic mass is 16.5. The van der Waals surface area contributed by atoms with Crippen molar-refractivity contribution in [3.8, 4) is 0 Å². The lowest BCUT2D eigenvalue weighted by atomic mass is 9.96. The van der Waals surface area contributed by atoms with Crippen molar-refractivity contribution >= 4 is 0 Å². The van der Waals surface area contributed by atoms with Gasteiger partial charge in [-0.2, -0.15) is 0 Å². The Morgan fingerprint density at radius 1 is 0.947 bits per heavy atom. The summed E-state index contributed by atoms with van der Waals surface area (Å²) in [6.45, 7) is 5.68. The van der Waals surface area contributed by atoms with Gasteiger partial charge in [0.2, 0.25) is 0 Å². The Balaban J connectivity index is 1.38. The molecule has 1 unspecified atom stereocenters. The molecule has 1 atom stereocenters. The van der Waals surface area contributed by atoms with Crippen molar-refractivity contribution in [2.75, 3.05) is 32.8 Å². The first-order valence-corrected chi connectivity index (χ1v) is 8.48. The van der Waals surface area contributed by atoms with Crippen LogP contribution in [0.25, 0.3) is 0 Å². The molecule has 110 valence electrons. The molecule has 0 amide bonds. The molecular weight excluding hydrogens is 236 g/mol. The normalized spacial score (nSPS) is 31.3. The Morgan fingerprint density at radius 3 is 2.53 bits per heavy atom. The van der Waals surface area contributed by atoms with E-state index < -0.39 is 0 Å². The summed E-state index contributed by atoms with van der Waals surface area (Å²) in [5, 5.41) is 3.74. The van der Waals surface area contributed by atoms with Crippen LogP contribution in [0, 0.1) is 5.92 Å². The molecule has 2 saturated heterocycles. The van der Waals surface area contributed by atoms with Crippen LogP contribution in [0.3, 0.4) is 0 Å². The van der Waals surface area contributed by atoms with E-state index in [9.17, 15) is 0 Å². The number of nitrogens with one attached hydrogen (secondary N) is 1. The number of rotatable bonds is 5. The zero-order valence-corrected chi connectivity index (χ0v) is 12.3. The van der Waals surface area contributed by atoms with Gasteiger partial charge in [-0.15, -0.1) is 0 Å². The van der Waals surface area contributed by atoms with Gasteiger partial charge in [-0.05, 0) is 51.0 Å². The lowest BCUT2D eigenvalue weighted by molar-refractivity contribution is 0.0766. The molecule has 0 radical (unpaired) electrons. The molecule has 1 aliphatic carbocycles. The first-order valence-electron chi connectivity index (χ1n) is 8.48. The quantitative estimate of drug-likeness (QED) is 0.827. The van der Waals surface area contributed by atoms with Crippen LogP contribution in [0.15, 0.2) is 0 Å². The van der Waals surface area contributed by atoms with E-state index in [4.69, 9.17) is 4.74 Å². The molecule has 3 fully saturated rings. The lowest BCUT2D eigenvalue weighted by Gasteiger charge is -2.30. The summed E-state index contributed by atoms with van der Waals surface area (Å²) in [7, 11) is 0. The second kappa shape index (κ2) is 7.05. The van der Waals surface area contributed by atoms with E-state index in [1.165, 1.54) is 71.0 Å². The fourth-order valence-corrected chi connectivity index (χ4v) is 4.32. The fourth-order valence-electron chi connectivity index (χ4n) is 4.32. The number of hydrogen-bond donors (Lipinski definition) is 1. The fraction of sp³-hybridized carbons (Fsp3) is 1.00. The number of nitrogens with zero attached hydrogens (tertiary/aromatic N) is 1. The molecule has 3 nitrogen and oxygen atoms in total. The molecule has 0 aromatic rings. The van der Waals surface area contributed by atoms with Crippen molar-refractivity contribution in [2.45, 2.75) is 63.5 Å². The minimum absolute atomic E-state index is 0.710. The van der Waals surface area contributed by atoms with Gasteiger partial charge < -0.3 is 10.1 Å². The largest absolute Gasteiger partial charge is 0.381 e. The van der Waals surface area contributed by atoms with Gasteiger partial charge in [0.25, 0.3) is 0 Å². The predicted octanol–water partition coefficient (Wildman–Crippen LogP) is 2.41. The van der Waals surface area contributed by atoms with Gasteiger partial charge in [-0.1, -0.05) is 12.8 Å². The van der Waals surface area contributed by atoms with Gasteiger partial charge in [0, 0.05) is 38.4 Å². The van der Waals surface area contributed by atoms with E-state index >= 15 is 0 Å². The van der Waals surface area contributed by atoms with Crippen molar-refractivity contribution in [1.82, 2.24) is 10.2 Å². The molecule has 1 N–H and O–H groups in total. The summed E-state index contributed by atoms with van der Waals surface area (Å²) in [5.74, 6) is 1.02.